The minimum absolute atomic E-state index is 0.0531. The van der Waals surface area contributed by atoms with Crippen LogP contribution < -0.4 is 0 Å². The summed E-state index contributed by atoms with van der Waals surface area (Å²) in [6.45, 7) is 3.61. The van der Waals surface area contributed by atoms with Gasteiger partial charge in [0.2, 0.25) is 0 Å². The van der Waals surface area contributed by atoms with E-state index >= 15 is 0 Å². The fraction of sp³-hybridized carbons (Fsp3) is 0.389. The number of aryl methyl sites for hydroxylation is 2. The van der Waals surface area contributed by atoms with Crippen molar-refractivity contribution in [2.24, 2.45) is 0 Å². The molecule has 0 aliphatic carbocycles. The molecule has 0 fully saturated rings. The number of hydrogen-bond donors (Lipinski definition) is 0. The maximum atomic E-state index is 12.8. The smallest absolute Gasteiger partial charge is 0.307 e. The van der Waals surface area contributed by atoms with E-state index in [2.05, 4.69) is 9.72 Å². The van der Waals surface area contributed by atoms with Crippen LogP contribution in [0.25, 0.3) is 0 Å². The third kappa shape index (κ3) is 4.94. The average molecular weight is 329 g/mol. The summed E-state index contributed by atoms with van der Waals surface area (Å²) in [5.41, 5.74) is 1.60. The molecule has 6 heteroatoms. The molecule has 0 aliphatic heterocycles. The van der Waals surface area contributed by atoms with Crippen molar-refractivity contribution in [3.8, 4) is 0 Å². The van der Waals surface area contributed by atoms with E-state index in [1.54, 1.807) is 17.4 Å². The van der Waals surface area contributed by atoms with Gasteiger partial charge in [-0.3, -0.25) is 9.59 Å². The van der Waals surface area contributed by atoms with Gasteiger partial charge in [-0.25, -0.2) is 4.98 Å². The molecule has 0 aliphatic rings. The number of methoxy groups -OCH3 is 1. The van der Waals surface area contributed by atoms with Gasteiger partial charge in [0.25, 0.3) is 5.91 Å². The standard InChI is InChI=1S/C18H23N3O3/c1-15-6-3-4-7-16(15)18(23)21(12-8-17(22)24-2)11-5-10-20-13-9-19-14-20/h3-4,6-7,9,13-14H,5,8,10-12H2,1-2H3. The SMILES string of the molecule is COC(=O)CCN(CCCn1ccnc1)C(=O)c1ccccc1C. The summed E-state index contributed by atoms with van der Waals surface area (Å²) in [6, 6.07) is 7.49. The quantitative estimate of drug-likeness (QED) is 0.697. The summed E-state index contributed by atoms with van der Waals surface area (Å²) in [7, 11) is 1.36. The van der Waals surface area contributed by atoms with Gasteiger partial charge in [0.05, 0.1) is 19.9 Å². The Morgan fingerprint density at radius 2 is 2.04 bits per heavy atom. The highest BCUT2D eigenvalue weighted by Gasteiger charge is 2.18. The van der Waals surface area contributed by atoms with Crippen molar-refractivity contribution < 1.29 is 14.3 Å². The van der Waals surface area contributed by atoms with Crippen LogP contribution in [0.3, 0.4) is 0 Å². The molecule has 0 saturated heterocycles. The Morgan fingerprint density at radius 1 is 1.25 bits per heavy atom. The lowest BCUT2D eigenvalue weighted by atomic mass is 10.1. The Morgan fingerprint density at radius 3 is 2.71 bits per heavy atom. The molecule has 2 rings (SSSR count). The zero-order valence-electron chi connectivity index (χ0n) is 14.1. The Hall–Kier alpha value is -2.63. The first kappa shape index (κ1) is 17.7. The van der Waals surface area contributed by atoms with Crippen molar-refractivity contribution in [3.63, 3.8) is 0 Å². The van der Waals surface area contributed by atoms with Crippen molar-refractivity contribution in [3.05, 3.63) is 54.1 Å². The lowest BCUT2D eigenvalue weighted by Crippen LogP contribution is -2.35. The summed E-state index contributed by atoms with van der Waals surface area (Å²) >= 11 is 0. The highest BCUT2D eigenvalue weighted by atomic mass is 16.5. The van der Waals surface area contributed by atoms with Crippen LogP contribution in [0.4, 0.5) is 0 Å². The number of hydrogen-bond acceptors (Lipinski definition) is 4. The monoisotopic (exact) mass is 329 g/mol. The summed E-state index contributed by atoms with van der Waals surface area (Å²) in [5.74, 6) is -0.366. The topological polar surface area (TPSA) is 64.4 Å². The minimum atomic E-state index is -0.313. The molecule has 0 unspecified atom stereocenters. The molecule has 0 atom stereocenters. The third-order valence-corrected chi connectivity index (χ3v) is 3.88. The molecular weight excluding hydrogens is 306 g/mol. The number of rotatable bonds is 8. The molecule has 1 heterocycles. The lowest BCUT2D eigenvalue weighted by molar-refractivity contribution is -0.140. The van der Waals surface area contributed by atoms with Crippen molar-refractivity contribution in [2.75, 3.05) is 20.2 Å². The van der Waals surface area contributed by atoms with Gasteiger partial charge in [-0.1, -0.05) is 18.2 Å². The van der Waals surface area contributed by atoms with Crippen LogP contribution in [0.1, 0.15) is 28.8 Å². The van der Waals surface area contributed by atoms with Gasteiger partial charge in [-0.05, 0) is 25.0 Å². The second-order valence-electron chi connectivity index (χ2n) is 5.59. The van der Waals surface area contributed by atoms with Gasteiger partial charge in [0.1, 0.15) is 0 Å². The normalized spacial score (nSPS) is 10.4. The Kier molecular flexibility index (Phi) is 6.54. The Balaban J connectivity index is 2.02. The first-order valence-electron chi connectivity index (χ1n) is 7.99. The van der Waals surface area contributed by atoms with E-state index in [0.717, 1.165) is 18.5 Å². The maximum absolute atomic E-state index is 12.8. The van der Waals surface area contributed by atoms with Gasteiger partial charge in [0.15, 0.2) is 0 Å². The molecule has 1 amide bonds. The number of aromatic nitrogens is 2. The molecule has 128 valence electrons. The minimum Gasteiger partial charge on any atom is -0.469 e. The molecule has 0 N–H and O–H groups in total. The van der Waals surface area contributed by atoms with Crippen molar-refractivity contribution in [1.29, 1.82) is 0 Å². The van der Waals surface area contributed by atoms with Crippen LogP contribution in [0.15, 0.2) is 43.0 Å². The third-order valence-electron chi connectivity index (χ3n) is 3.88. The number of ether oxygens (including phenoxy) is 1. The van der Waals surface area contributed by atoms with Crippen LogP contribution in [0.5, 0.6) is 0 Å². The van der Waals surface area contributed by atoms with Crippen LogP contribution in [-0.4, -0.2) is 46.5 Å². The van der Waals surface area contributed by atoms with E-state index in [1.165, 1.54) is 7.11 Å². The molecule has 0 bridgehead atoms. The van der Waals surface area contributed by atoms with Crippen LogP contribution in [0, 0.1) is 6.92 Å². The molecule has 6 nitrogen and oxygen atoms in total. The molecule has 0 radical (unpaired) electrons. The highest BCUT2D eigenvalue weighted by molar-refractivity contribution is 5.95. The first-order chi connectivity index (χ1) is 11.6. The molecule has 1 aromatic heterocycles. The average Bonchev–Trinajstić information content (AvgIpc) is 3.10. The Labute approximate surface area is 142 Å². The first-order valence-corrected chi connectivity index (χ1v) is 7.99. The fourth-order valence-corrected chi connectivity index (χ4v) is 2.49. The number of carbonyl (C=O) groups is 2. The predicted molar refractivity (Wildman–Crippen MR) is 90.6 cm³/mol. The molecule has 1 aromatic carbocycles. The molecule has 24 heavy (non-hydrogen) atoms. The van der Waals surface area contributed by atoms with E-state index in [9.17, 15) is 9.59 Å². The number of benzene rings is 1. The summed E-state index contributed by atoms with van der Waals surface area (Å²) < 4.78 is 6.65. The number of amides is 1. The number of imidazole rings is 1. The van der Waals surface area contributed by atoms with Crippen LogP contribution in [-0.2, 0) is 16.1 Å². The lowest BCUT2D eigenvalue weighted by Gasteiger charge is -2.23. The second-order valence-corrected chi connectivity index (χ2v) is 5.59. The van der Waals surface area contributed by atoms with Gasteiger partial charge in [0, 0.05) is 37.6 Å². The fourth-order valence-electron chi connectivity index (χ4n) is 2.49. The van der Waals surface area contributed by atoms with Crippen molar-refractivity contribution >= 4 is 11.9 Å². The van der Waals surface area contributed by atoms with Gasteiger partial charge in [-0.15, -0.1) is 0 Å². The summed E-state index contributed by atoms with van der Waals surface area (Å²) in [4.78, 5) is 30.0. The van der Waals surface area contributed by atoms with Crippen LogP contribution >= 0.6 is 0 Å². The zero-order valence-corrected chi connectivity index (χ0v) is 14.1. The van der Waals surface area contributed by atoms with Crippen molar-refractivity contribution in [2.45, 2.75) is 26.3 Å². The second kappa shape index (κ2) is 8.86. The van der Waals surface area contributed by atoms with Crippen LogP contribution in [0.2, 0.25) is 0 Å². The summed E-state index contributed by atoms with van der Waals surface area (Å²) in [6.07, 6.45) is 6.35. The molecule has 2 aromatic rings. The van der Waals surface area contributed by atoms with Gasteiger partial charge >= 0.3 is 5.97 Å². The highest BCUT2D eigenvalue weighted by Crippen LogP contribution is 2.12. The Bertz CT molecular complexity index is 668. The number of carbonyl (C=O) groups excluding carboxylic acids is 2. The zero-order chi connectivity index (χ0) is 17.4. The molecular formula is C18H23N3O3. The maximum Gasteiger partial charge on any atom is 0.307 e. The predicted octanol–water partition coefficient (Wildman–Crippen LogP) is 2.29. The van der Waals surface area contributed by atoms with E-state index in [1.807, 2.05) is 42.0 Å². The number of esters is 1. The number of nitrogens with zero attached hydrogens (tertiary/aromatic N) is 3. The molecule has 0 saturated carbocycles. The van der Waals surface area contributed by atoms with Crippen molar-refractivity contribution in [1.82, 2.24) is 14.5 Å². The van der Waals surface area contributed by atoms with E-state index in [-0.39, 0.29) is 18.3 Å². The largest absolute Gasteiger partial charge is 0.469 e. The van der Waals surface area contributed by atoms with Gasteiger partial charge < -0.3 is 14.2 Å². The van der Waals surface area contributed by atoms with Gasteiger partial charge in [-0.2, -0.15) is 0 Å². The van der Waals surface area contributed by atoms with E-state index in [4.69, 9.17) is 0 Å². The van der Waals surface area contributed by atoms with E-state index in [0.29, 0.717) is 18.7 Å². The van der Waals surface area contributed by atoms with E-state index < -0.39 is 0 Å². The molecule has 0 spiro atoms. The summed E-state index contributed by atoms with van der Waals surface area (Å²) in [5, 5.41) is 0.